The zero-order valence-electron chi connectivity index (χ0n) is 6.34. The van der Waals surface area contributed by atoms with Crippen LogP contribution in [0.3, 0.4) is 0 Å². The van der Waals surface area contributed by atoms with Crippen LogP contribution in [-0.4, -0.2) is 37.1 Å². The predicted octanol–water partition coefficient (Wildman–Crippen LogP) is 0.258. The first-order valence-electron chi connectivity index (χ1n) is 4.23. The van der Waals surface area contributed by atoms with Crippen LogP contribution in [0.15, 0.2) is 0 Å². The van der Waals surface area contributed by atoms with Gasteiger partial charge >= 0.3 is 0 Å². The van der Waals surface area contributed by atoms with Gasteiger partial charge in [-0.2, -0.15) is 0 Å². The number of nitrogens with zero attached hydrogens (tertiary/aromatic N) is 1. The van der Waals surface area contributed by atoms with Gasteiger partial charge in [0.2, 0.25) is 0 Å². The van der Waals surface area contributed by atoms with Crippen molar-refractivity contribution in [3.05, 3.63) is 6.42 Å². The van der Waals surface area contributed by atoms with E-state index in [-0.39, 0.29) is 0 Å². The van der Waals surface area contributed by atoms with Crippen molar-refractivity contribution < 1.29 is 0 Å². The first kappa shape index (κ1) is 6.62. The summed E-state index contributed by atoms with van der Waals surface area (Å²) in [5.74, 6) is 0. The Bertz CT molecular complexity index is 87.8. The lowest BCUT2D eigenvalue weighted by molar-refractivity contribution is 0.263. The van der Waals surface area contributed by atoms with E-state index in [1.54, 1.807) is 0 Å². The minimum Gasteiger partial charge on any atom is -0.315 e. The second-order valence-corrected chi connectivity index (χ2v) is 3.22. The van der Waals surface area contributed by atoms with Crippen LogP contribution in [0.25, 0.3) is 0 Å². The van der Waals surface area contributed by atoms with E-state index in [1.165, 1.54) is 39.0 Å². The van der Waals surface area contributed by atoms with Crippen molar-refractivity contribution in [3.63, 3.8) is 0 Å². The highest BCUT2D eigenvalue weighted by Crippen LogP contribution is 2.14. The van der Waals surface area contributed by atoms with E-state index in [1.807, 2.05) is 0 Å². The van der Waals surface area contributed by atoms with Gasteiger partial charge in [-0.15, -0.1) is 0 Å². The van der Waals surface area contributed by atoms with Crippen LogP contribution in [0.1, 0.15) is 12.8 Å². The fourth-order valence-corrected chi connectivity index (χ4v) is 1.89. The SMILES string of the molecule is [CH]1CCN(C2CCNC2)C1. The summed E-state index contributed by atoms with van der Waals surface area (Å²) in [6.45, 7) is 4.97. The predicted molar refractivity (Wildman–Crippen MR) is 41.8 cm³/mol. The summed E-state index contributed by atoms with van der Waals surface area (Å²) in [7, 11) is 0. The number of hydrogen-bond donors (Lipinski definition) is 1. The molecular formula is C8H15N2. The lowest BCUT2D eigenvalue weighted by Gasteiger charge is -2.21. The fraction of sp³-hybridized carbons (Fsp3) is 0.875. The molecule has 0 saturated carbocycles. The zero-order valence-corrected chi connectivity index (χ0v) is 6.34. The average molecular weight is 139 g/mol. The second-order valence-electron chi connectivity index (χ2n) is 3.22. The van der Waals surface area contributed by atoms with Crippen molar-refractivity contribution in [2.24, 2.45) is 0 Å². The molecule has 0 aromatic carbocycles. The van der Waals surface area contributed by atoms with E-state index in [0.29, 0.717) is 0 Å². The van der Waals surface area contributed by atoms with Crippen molar-refractivity contribution in [1.82, 2.24) is 10.2 Å². The monoisotopic (exact) mass is 139 g/mol. The Morgan fingerprint density at radius 1 is 1.50 bits per heavy atom. The third kappa shape index (κ3) is 1.18. The smallest absolute Gasteiger partial charge is 0.0232 e. The van der Waals surface area contributed by atoms with E-state index in [9.17, 15) is 0 Å². The third-order valence-electron chi connectivity index (χ3n) is 2.53. The number of rotatable bonds is 1. The molecule has 2 heteroatoms. The maximum Gasteiger partial charge on any atom is 0.0232 e. The van der Waals surface area contributed by atoms with Crippen LogP contribution >= 0.6 is 0 Å². The Kier molecular flexibility index (Phi) is 1.91. The molecule has 0 aromatic heterocycles. The molecule has 10 heavy (non-hydrogen) atoms. The second kappa shape index (κ2) is 2.89. The number of hydrogen-bond acceptors (Lipinski definition) is 2. The van der Waals surface area contributed by atoms with Gasteiger partial charge < -0.3 is 5.32 Å². The van der Waals surface area contributed by atoms with Crippen LogP contribution in [0.5, 0.6) is 0 Å². The van der Waals surface area contributed by atoms with Crippen molar-refractivity contribution in [1.29, 1.82) is 0 Å². The molecule has 1 atom stereocenters. The number of nitrogens with one attached hydrogen (secondary N) is 1. The van der Waals surface area contributed by atoms with Gasteiger partial charge in [-0.05, 0) is 32.4 Å². The van der Waals surface area contributed by atoms with Gasteiger partial charge in [0.25, 0.3) is 0 Å². The first-order chi connectivity index (χ1) is 4.97. The maximum absolute atomic E-state index is 3.39. The highest BCUT2D eigenvalue weighted by Gasteiger charge is 2.24. The molecule has 0 spiro atoms. The molecule has 1 radical (unpaired) electrons. The minimum absolute atomic E-state index is 0.846. The first-order valence-corrected chi connectivity index (χ1v) is 4.23. The molecule has 0 bridgehead atoms. The lowest BCUT2D eigenvalue weighted by atomic mass is 10.2. The Hall–Kier alpha value is -0.0800. The molecule has 0 aliphatic carbocycles. The largest absolute Gasteiger partial charge is 0.315 e. The van der Waals surface area contributed by atoms with E-state index in [0.717, 1.165) is 6.04 Å². The summed E-state index contributed by atoms with van der Waals surface area (Å²) in [5.41, 5.74) is 0. The standard InChI is InChI=1S/C8H15N2/c1-2-6-10(5-1)8-3-4-9-7-8/h1,8-9H,2-7H2. The Morgan fingerprint density at radius 2 is 2.50 bits per heavy atom. The third-order valence-corrected chi connectivity index (χ3v) is 2.53. The van der Waals surface area contributed by atoms with E-state index >= 15 is 0 Å². The fourth-order valence-electron chi connectivity index (χ4n) is 1.89. The zero-order chi connectivity index (χ0) is 6.81. The average Bonchev–Trinajstić information content (AvgIpc) is 2.59. The van der Waals surface area contributed by atoms with Gasteiger partial charge in [0.05, 0.1) is 0 Å². The molecule has 2 saturated heterocycles. The van der Waals surface area contributed by atoms with E-state index in [4.69, 9.17) is 0 Å². The molecular weight excluding hydrogens is 124 g/mol. The van der Waals surface area contributed by atoms with Crippen molar-refractivity contribution >= 4 is 0 Å². The summed E-state index contributed by atoms with van der Waals surface area (Å²) in [6.07, 6.45) is 5.04. The van der Waals surface area contributed by atoms with Crippen LogP contribution in [0.4, 0.5) is 0 Å². The van der Waals surface area contributed by atoms with Gasteiger partial charge in [-0.1, -0.05) is 0 Å². The summed E-state index contributed by atoms with van der Waals surface area (Å²) in [5, 5.41) is 3.39. The summed E-state index contributed by atoms with van der Waals surface area (Å²) in [6, 6.07) is 0.846. The Labute approximate surface area is 62.6 Å². The molecule has 2 heterocycles. The Morgan fingerprint density at radius 3 is 3.10 bits per heavy atom. The lowest BCUT2D eigenvalue weighted by Crippen LogP contribution is -2.34. The van der Waals surface area contributed by atoms with Gasteiger partial charge in [0.1, 0.15) is 0 Å². The molecule has 2 nitrogen and oxygen atoms in total. The van der Waals surface area contributed by atoms with Crippen molar-refractivity contribution in [3.8, 4) is 0 Å². The van der Waals surface area contributed by atoms with Crippen LogP contribution in [0.2, 0.25) is 0 Å². The highest BCUT2D eigenvalue weighted by molar-refractivity contribution is 4.89. The quantitative estimate of drug-likeness (QED) is 0.560. The summed E-state index contributed by atoms with van der Waals surface area (Å²) < 4.78 is 0. The van der Waals surface area contributed by atoms with Gasteiger partial charge in [0, 0.05) is 19.1 Å². The van der Waals surface area contributed by atoms with Gasteiger partial charge in [-0.25, -0.2) is 0 Å². The molecule has 2 fully saturated rings. The Balaban J connectivity index is 1.85. The number of likely N-dealkylation sites (tertiary alicyclic amines) is 1. The van der Waals surface area contributed by atoms with Crippen molar-refractivity contribution in [2.45, 2.75) is 18.9 Å². The molecule has 1 N–H and O–H groups in total. The van der Waals surface area contributed by atoms with Gasteiger partial charge in [-0.3, -0.25) is 4.90 Å². The molecule has 0 amide bonds. The maximum atomic E-state index is 3.39. The molecule has 0 aromatic rings. The summed E-state index contributed by atoms with van der Waals surface area (Å²) in [4.78, 5) is 2.58. The summed E-state index contributed by atoms with van der Waals surface area (Å²) >= 11 is 0. The molecule has 2 aliphatic rings. The topological polar surface area (TPSA) is 15.3 Å². The molecule has 2 rings (SSSR count). The van der Waals surface area contributed by atoms with Crippen molar-refractivity contribution in [2.75, 3.05) is 26.2 Å². The van der Waals surface area contributed by atoms with E-state index in [2.05, 4.69) is 16.6 Å². The highest BCUT2D eigenvalue weighted by atomic mass is 15.2. The minimum atomic E-state index is 0.846. The van der Waals surface area contributed by atoms with Gasteiger partial charge in [0.15, 0.2) is 0 Å². The molecule has 1 unspecified atom stereocenters. The van der Waals surface area contributed by atoms with Crippen LogP contribution in [-0.2, 0) is 0 Å². The molecule has 57 valence electrons. The normalized spacial score (nSPS) is 35.4. The van der Waals surface area contributed by atoms with Crippen LogP contribution in [0, 0.1) is 6.42 Å². The van der Waals surface area contributed by atoms with Crippen LogP contribution < -0.4 is 5.32 Å². The molecule has 2 aliphatic heterocycles. The van der Waals surface area contributed by atoms with E-state index < -0.39 is 0 Å².